The lowest BCUT2D eigenvalue weighted by atomic mass is 10.1. The van der Waals surface area contributed by atoms with Gasteiger partial charge in [-0.1, -0.05) is 36.4 Å². The average Bonchev–Trinajstić information content (AvgIpc) is 2.50. The summed E-state index contributed by atoms with van der Waals surface area (Å²) in [6.45, 7) is 0. The van der Waals surface area contributed by atoms with Gasteiger partial charge in [-0.3, -0.25) is 0 Å². The Bertz CT molecular complexity index is 360. The van der Waals surface area contributed by atoms with Crippen molar-refractivity contribution in [3.63, 3.8) is 0 Å². The predicted octanol–water partition coefficient (Wildman–Crippen LogP) is 1.83. The largest absolute Gasteiger partial charge is 0.313 e. The van der Waals surface area contributed by atoms with Crippen molar-refractivity contribution in [3.8, 4) is 6.19 Å². The second-order valence-electron chi connectivity index (χ2n) is 2.72. The Kier molecular flexibility index (Phi) is 1.56. The van der Waals surface area contributed by atoms with E-state index < -0.39 is 0 Å². The molecule has 1 atom stereocenters. The Morgan fingerprint density at radius 1 is 1.33 bits per heavy atom. The van der Waals surface area contributed by atoms with Crippen LogP contribution in [0, 0.1) is 11.5 Å². The van der Waals surface area contributed by atoms with Crippen molar-refractivity contribution >= 4 is 6.08 Å². The highest BCUT2D eigenvalue weighted by Gasteiger charge is 2.14. The monoisotopic (exact) mass is 156 g/mol. The van der Waals surface area contributed by atoms with Gasteiger partial charge in [-0.2, -0.15) is 5.26 Å². The maximum absolute atomic E-state index is 8.46. The van der Waals surface area contributed by atoms with Crippen LogP contribution in [0.2, 0.25) is 0 Å². The van der Waals surface area contributed by atoms with E-state index >= 15 is 0 Å². The van der Waals surface area contributed by atoms with Crippen LogP contribution in [-0.4, -0.2) is 0 Å². The maximum atomic E-state index is 8.46. The maximum Gasteiger partial charge on any atom is 0.177 e. The Hall–Kier alpha value is -1.75. The van der Waals surface area contributed by atoms with E-state index in [2.05, 4.69) is 5.32 Å². The van der Waals surface area contributed by atoms with Crippen LogP contribution in [-0.2, 0) is 0 Å². The third-order valence-corrected chi connectivity index (χ3v) is 2.02. The van der Waals surface area contributed by atoms with E-state index in [1.54, 1.807) is 0 Å². The minimum absolute atomic E-state index is 0.0752. The third-order valence-electron chi connectivity index (χ3n) is 2.02. The molecule has 0 heterocycles. The SMILES string of the molecule is N#CNC1C=Cc2ccccc21. The molecule has 0 saturated heterocycles. The van der Waals surface area contributed by atoms with E-state index in [9.17, 15) is 0 Å². The fourth-order valence-electron chi connectivity index (χ4n) is 1.44. The van der Waals surface area contributed by atoms with E-state index in [0.717, 1.165) is 0 Å². The summed E-state index contributed by atoms with van der Waals surface area (Å²) in [5.74, 6) is 0. The Morgan fingerprint density at radius 3 is 3.00 bits per heavy atom. The zero-order chi connectivity index (χ0) is 8.39. The zero-order valence-corrected chi connectivity index (χ0v) is 6.49. The van der Waals surface area contributed by atoms with Gasteiger partial charge in [0, 0.05) is 0 Å². The fraction of sp³-hybridized carbons (Fsp3) is 0.100. The van der Waals surface area contributed by atoms with E-state index in [0.29, 0.717) is 0 Å². The molecule has 2 rings (SSSR count). The first-order valence-electron chi connectivity index (χ1n) is 3.83. The molecule has 1 N–H and O–H groups in total. The van der Waals surface area contributed by atoms with Crippen LogP contribution in [0.1, 0.15) is 17.2 Å². The number of nitrogens with zero attached hydrogens (tertiary/aromatic N) is 1. The van der Waals surface area contributed by atoms with Gasteiger partial charge in [0.05, 0.1) is 6.04 Å². The van der Waals surface area contributed by atoms with Gasteiger partial charge in [0.1, 0.15) is 0 Å². The van der Waals surface area contributed by atoms with Gasteiger partial charge in [-0.25, -0.2) is 0 Å². The highest BCUT2D eigenvalue weighted by atomic mass is 14.9. The molecular formula is C10H8N2. The summed E-state index contributed by atoms with van der Waals surface area (Å²) >= 11 is 0. The molecule has 0 bridgehead atoms. The minimum Gasteiger partial charge on any atom is -0.313 e. The van der Waals surface area contributed by atoms with Crippen molar-refractivity contribution in [2.75, 3.05) is 0 Å². The topological polar surface area (TPSA) is 35.8 Å². The summed E-state index contributed by atoms with van der Waals surface area (Å²) in [6, 6.07) is 8.14. The van der Waals surface area contributed by atoms with E-state index in [1.807, 2.05) is 42.6 Å². The molecule has 1 unspecified atom stereocenters. The molecule has 1 aromatic rings. The minimum atomic E-state index is 0.0752. The van der Waals surface area contributed by atoms with Gasteiger partial charge in [-0.15, -0.1) is 0 Å². The van der Waals surface area contributed by atoms with Gasteiger partial charge < -0.3 is 5.32 Å². The van der Waals surface area contributed by atoms with E-state index in [4.69, 9.17) is 5.26 Å². The molecule has 12 heavy (non-hydrogen) atoms. The van der Waals surface area contributed by atoms with Crippen molar-refractivity contribution in [3.05, 3.63) is 41.5 Å². The molecule has 2 heteroatoms. The molecule has 0 spiro atoms. The number of fused-ring (bicyclic) bond motifs is 1. The molecule has 0 aliphatic heterocycles. The molecule has 0 amide bonds. The number of hydrogen-bond donors (Lipinski definition) is 1. The number of rotatable bonds is 1. The first-order valence-corrected chi connectivity index (χ1v) is 3.83. The molecule has 0 radical (unpaired) electrons. The number of benzene rings is 1. The summed E-state index contributed by atoms with van der Waals surface area (Å²) in [5.41, 5.74) is 2.38. The van der Waals surface area contributed by atoms with Crippen LogP contribution >= 0.6 is 0 Å². The third kappa shape index (κ3) is 0.960. The lowest BCUT2D eigenvalue weighted by Crippen LogP contribution is -2.11. The van der Waals surface area contributed by atoms with Crippen LogP contribution in [0.25, 0.3) is 6.08 Å². The van der Waals surface area contributed by atoms with Gasteiger partial charge in [0.25, 0.3) is 0 Å². The smallest absolute Gasteiger partial charge is 0.177 e. The quantitative estimate of drug-likeness (QED) is 0.497. The summed E-state index contributed by atoms with van der Waals surface area (Å²) < 4.78 is 0. The molecule has 1 aromatic carbocycles. The van der Waals surface area contributed by atoms with Crippen molar-refractivity contribution in [1.29, 1.82) is 5.26 Å². The van der Waals surface area contributed by atoms with E-state index in [1.165, 1.54) is 11.1 Å². The van der Waals surface area contributed by atoms with Crippen molar-refractivity contribution in [1.82, 2.24) is 5.32 Å². The number of nitrogens with one attached hydrogen (secondary N) is 1. The van der Waals surface area contributed by atoms with Crippen LogP contribution in [0.3, 0.4) is 0 Å². The summed E-state index contributed by atoms with van der Waals surface area (Å²) in [5, 5.41) is 11.2. The molecule has 0 saturated carbocycles. The van der Waals surface area contributed by atoms with Gasteiger partial charge in [0.2, 0.25) is 0 Å². The summed E-state index contributed by atoms with van der Waals surface area (Å²) in [6.07, 6.45) is 5.98. The van der Waals surface area contributed by atoms with Gasteiger partial charge in [-0.05, 0) is 11.1 Å². The first kappa shape index (κ1) is 6.93. The van der Waals surface area contributed by atoms with Crippen LogP contribution in [0.4, 0.5) is 0 Å². The van der Waals surface area contributed by atoms with Crippen LogP contribution in [0.5, 0.6) is 0 Å². The fourth-order valence-corrected chi connectivity index (χ4v) is 1.44. The van der Waals surface area contributed by atoms with Gasteiger partial charge >= 0.3 is 0 Å². The van der Waals surface area contributed by atoms with Crippen molar-refractivity contribution < 1.29 is 0 Å². The second kappa shape index (κ2) is 2.71. The number of hydrogen-bond acceptors (Lipinski definition) is 2. The molecule has 58 valence electrons. The predicted molar refractivity (Wildman–Crippen MR) is 47.0 cm³/mol. The molecule has 1 aliphatic carbocycles. The molecule has 1 aliphatic rings. The van der Waals surface area contributed by atoms with Gasteiger partial charge in [0.15, 0.2) is 6.19 Å². The molecule has 0 fully saturated rings. The lowest BCUT2D eigenvalue weighted by molar-refractivity contribution is 0.780. The first-order chi connectivity index (χ1) is 5.92. The zero-order valence-electron chi connectivity index (χ0n) is 6.49. The molecule has 0 aromatic heterocycles. The Morgan fingerprint density at radius 2 is 2.17 bits per heavy atom. The van der Waals surface area contributed by atoms with Crippen LogP contribution in [0.15, 0.2) is 30.3 Å². The second-order valence-corrected chi connectivity index (χ2v) is 2.72. The highest BCUT2D eigenvalue weighted by Crippen LogP contribution is 2.26. The Labute approximate surface area is 71.1 Å². The highest BCUT2D eigenvalue weighted by molar-refractivity contribution is 5.62. The standard InChI is InChI=1S/C10H8N2/c11-7-12-10-6-5-8-3-1-2-4-9(8)10/h1-6,10,12H. The van der Waals surface area contributed by atoms with Crippen LogP contribution < -0.4 is 5.32 Å². The van der Waals surface area contributed by atoms with Crippen molar-refractivity contribution in [2.45, 2.75) is 6.04 Å². The lowest BCUT2D eigenvalue weighted by Gasteiger charge is -2.06. The molecule has 2 nitrogen and oxygen atoms in total. The van der Waals surface area contributed by atoms with Crippen molar-refractivity contribution in [2.24, 2.45) is 0 Å². The molecular weight excluding hydrogens is 148 g/mol. The summed E-state index contributed by atoms with van der Waals surface area (Å²) in [7, 11) is 0. The van der Waals surface area contributed by atoms with E-state index in [-0.39, 0.29) is 6.04 Å². The summed E-state index contributed by atoms with van der Waals surface area (Å²) in [4.78, 5) is 0. The normalized spacial score (nSPS) is 18.4. The Balaban J connectivity index is 2.37. The number of nitriles is 1. The average molecular weight is 156 g/mol.